The van der Waals surface area contributed by atoms with Crippen molar-refractivity contribution in [3.05, 3.63) is 6.07 Å². The highest BCUT2D eigenvalue weighted by Gasteiger charge is 2.03. The second kappa shape index (κ2) is 6.51. The molecule has 0 aromatic carbocycles. The van der Waals surface area contributed by atoms with E-state index in [1.807, 2.05) is 6.92 Å². The molecular weight excluding hydrogens is 206 g/mol. The molecule has 0 unspecified atom stereocenters. The van der Waals surface area contributed by atoms with Gasteiger partial charge in [-0.05, 0) is 6.92 Å². The third-order valence-electron chi connectivity index (χ3n) is 1.81. The first kappa shape index (κ1) is 12.1. The van der Waals surface area contributed by atoms with E-state index in [9.17, 15) is 0 Å². The Balaban J connectivity index is 2.66. The minimum absolute atomic E-state index is 0.468. The molecule has 0 atom stereocenters. The zero-order valence-corrected chi connectivity index (χ0v) is 9.70. The highest BCUT2D eigenvalue weighted by atomic mass is 16.5. The molecule has 1 N–H and O–H groups in total. The molecule has 0 fully saturated rings. The summed E-state index contributed by atoms with van der Waals surface area (Å²) in [5.41, 5.74) is 0. The topological polar surface area (TPSA) is 56.3 Å². The van der Waals surface area contributed by atoms with E-state index in [1.54, 1.807) is 20.3 Å². The van der Waals surface area contributed by atoms with E-state index in [0.29, 0.717) is 24.3 Å². The van der Waals surface area contributed by atoms with Crippen LogP contribution in [0.25, 0.3) is 0 Å². The molecule has 0 amide bonds. The Labute approximate surface area is 95.2 Å². The largest absolute Gasteiger partial charge is 0.481 e. The molecule has 0 aliphatic carbocycles. The molecule has 0 saturated carbocycles. The Bertz CT molecular complexity index is 374. The molecule has 0 saturated heterocycles. The fourth-order valence-electron chi connectivity index (χ4n) is 1.05. The molecule has 5 heteroatoms. The van der Waals surface area contributed by atoms with Crippen LogP contribution < -0.4 is 14.8 Å². The monoisotopic (exact) mass is 221 g/mol. The molecule has 0 radical (unpaired) electrons. The summed E-state index contributed by atoms with van der Waals surface area (Å²) in [7, 11) is 3.10. The number of ether oxygens (including phenoxy) is 2. The summed E-state index contributed by atoms with van der Waals surface area (Å²) >= 11 is 0. The highest BCUT2D eigenvalue weighted by molar-refractivity contribution is 5.33. The quantitative estimate of drug-likeness (QED) is 0.600. The van der Waals surface area contributed by atoms with Crippen molar-refractivity contribution in [3.8, 4) is 23.6 Å². The Morgan fingerprint density at radius 1 is 1.25 bits per heavy atom. The Hall–Kier alpha value is -1.96. The average molecular weight is 221 g/mol. The highest BCUT2D eigenvalue weighted by Crippen LogP contribution is 2.16. The van der Waals surface area contributed by atoms with E-state index in [1.165, 1.54) is 0 Å². The van der Waals surface area contributed by atoms with Gasteiger partial charge in [-0.25, -0.2) is 0 Å². The number of nitrogens with one attached hydrogen (secondary N) is 1. The molecule has 0 aliphatic rings. The lowest BCUT2D eigenvalue weighted by atomic mass is 10.4. The van der Waals surface area contributed by atoms with Gasteiger partial charge in [-0.15, -0.1) is 11.8 Å². The summed E-state index contributed by atoms with van der Waals surface area (Å²) in [6.07, 6.45) is 0.749. The maximum absolute atomic E-state index is 5.03. The molecule has 1 heterocycles. The lowest BCUT2D eigenvalue weighted by Gasteiger charge is -2.06. The van der Waals surface area contributed by atoms with Crippen molar-refractivity contribution in [1.29, 1.82) is 0 Å². The number of rotatable bonds is 5. The van der Waals surface area contributed by atoms with Gasteiger partial charge in [-0.3, -0.25) is 0 Å². The van der Waals surface area contributed by atoms with Crippen LogP contribution in [0.15, 0.2) is 6.07 Å². The minimum atomic E-state index is 0.468. The van der Waals surface area contributed by atoms with Crippen molar-refractivity contribution in [1.82, 2.24) is 9.97 Å². The van der Waals surface area contributed by atoms with Crippen LogP contribution >= 0.6 is 0 Å². The van der Waals surface area contributed by atoms with E-state index < -0.39 is 0 Å². The zero-order valence-electron chi connectivity index (χ0n) is 9.70. The molecule has 0 spiro atoms. The van der Waals surface area contributed by atoms with Gasteiger partial charge >= 0.3 is 0 Å². The van der Waals surface area contributed by atoms with Crippen LogP contribution in [0.2, 0.25) is 0 Å². The van der Waals surface area contributed by atoms with Gasteiger partial charge in [0.05, 0.1) is 20.3 Å². The lowest BCUT2D eigenvalue weighted by Crippen LogP contribution is -2.06. The molecule has 1 aromatic heterocycles. The van der Waals surface area contributed by atoms with Crippen molar-refractivity contribution in [2.45, 2.75) is 13.3 Å². The van der Waals surface area contributed by atoms with E-state index in [0.717, 1.165) is 6.42 Å². The number of methoxy groups -OCH3 is 2. The van der Waals surface area contributed by atoms with Gasteiger partial charge in [0, 0.05) is 13.0 Å². The molecule has 16 heavy (non-hydrogen) atoms. The van der Waals surface area contributed by atoms with Crippen LogP contribution in [0.5, 0.6) is 11.8 Å². The van der Waals surface area contributed by atoms with Crippen LogP contribution in [0.1, 0.15) is 13.3 Å². The predicted molar refractivity (Wildman–Crippen MR) is 61.7 cm³/mol. The van der Waals surface area contributed by atoms with Crippen molar-refractivity contribution < 1.29 is 9.47 Å². The SMILES string of the molecule is CC#CCCNc1nc(OC)cc(OC)n1. The first-order valence-electron chi connectivity index (χ1n) is 4.90. The molecule has 0 bridgehead atoms. The summed E-state index contributed by atoms with van der Waals surface area (Å²) in [4.78, 5) is 8.25. The summed E-state index contributed by atoms with van der Waals surface area (Å²) in [5, 5.41) is 3.04. The fourth-order valence-corrected chi connectivity index (χ4v) is 1.05. The van der Waals surface area contributed by atoms with Gasteiger partial charge in [0.2, 0.25) is 17.7 Å². The maximum atomic E-state index is 5.03. The molecule has 1 aromatic rings. The standard InChI is InChI=1S/C11H15N3O2/c1-4-5-6-7-12-11-13-9(15-2)8-10(14-11)16-3/h8H,6-7H2,1-3H3,(H,12,13,14). The van der Waals surface area contributed by atoms with Crippen molar-refractivity contribution in [3.63, 3.8) is 0 Å². The van der Waals surface area contributed by atoms with Crippen LogP contribution in [-0.4, -0.2) is 30.7 Å². The fraction of sp³-hybridized carbons (Fsp3) is 0.455. The first-order chi connectivity index (χ1) is 7.80. The van der Waals surface area contributed by atoms with Gasteiger partial charge in [0.1, 0.15) is 0 Å². The van der Waals surface area contributed by atoms with Gasteiger partial charge in [0.15, 0.2) is 0 Å². The Morgan fingerprint density at radius 2 is 1.88 bits per heavy atom. The smallest absolute Gasteiger partial charge is 0.229 e. The molecule has 1 rings (SSSR count). The third kappa shape index (κ3) is 3.65. The van der Waals surface area contributed by atoms with Gasteiger partial charge < -0.3 is 14.8 Å². The molecule has 0 aliphatic heterocycles. The van der Waals surface area contributed by atoms with Crippen molar-refractivity contribution in [2.75, 3.05) is 26.1 Å². The van der Waals surface area contributed by atoms with Crippen LogP contribution in [0.3, 0.4) is 0 Å². The number of hydrogen-bond acceptors (Lipinski definition) is 5. The molecular formula is C11H15N3O2. The minimum Gasteiger partial charge on any atom is -0.481 e. The number of aromatic nitrogens is 2. The van der Waals surface area contributed by atoms with E-state index in [-0.39, 0.29) is 0 Å². The number of nitrogens with zero attached hydrogens (tertiary/aromatic N) is 2. The van der Waals surface area contributed by atoms with Crippen molar-refractivity contribution in [2.24, 2.45) is 0 Å². The van der Waals surface area contributed by atoms with Gasteiger partial charge in [0.25, 0.3) is 0 Å². The number of hydrogen-bond donors (Lipinski definition) is 1. The van der Waals surface area contributed by atoms with E-state index in [4.69, 9.17) is 9.47 Å². The second-order valence-electron chi connectivity index (χ2n) is 2.88. The lowest BCUT2D eigenvalue weighted by molar-refractivity contribution is 0.373. The number of anilines is 1. The summed E-state index contributed by atoms with van der Waals surface area (Å²) in [6.45, 7) is 2.50. The molecule has 86 valence electrons. The van der Waals surface area contributed by atoms with Crippen LogP contribution in [-0.2, 0) is 0 Å². The normalized spacial score (nSPS) is 8.94. The van der Waals surface area contributed by atoms with Crippen LogP contribution in [0, 0.1) is 11.8 Å². The first-order valence-corrected chi connectivity index (χ1v) is 4.90. The Morgan fingerprint density at radius 3 is 2.38 bits per heavy atom. The second-order valence-corrected chi connectivity index (χ2v) is 2.88. The molecule has 5 nitrogen and oxygen atoms in total. The maximum Gasteiger partial charge on any atom is 0.229 e. The summed E-state index contributed by atoms with van der Waals surface area (Å²) < 4.78 is 10.1. The predicted octanol–water partition coefficient (Wildman–Crippen LogP) is 1.32. The van der Waals surface area contributed by atoms with E-state index >= 15 is 0 Å². The summed E-state index contributed by atoms with van der Waals surface area (Å²) in [6, 6.07) is 1.62. The average Bonchev–Trinajstić information content (AvgIpc) is 2.34. The third-order valence-corrected chi connectivity index (χ3v) is 1.81. The Kier molecular flexibility index (Phi) is 4.93. The van der Waals surface area contributed by atoms with Crippen LogP contribution in [0.4, 0.5) is 5.95 Å². The zero-order chi connectivity index (χ0) is 11.8. The summed E-state index contributed by atoms with van der Waals surface area (Å²) in [5.74, 6) is 7.18. The van der Waals surface area contributed by atoms with Gasteiger partial charge in [-0.1, -0.05) is 0 Å². The van der Waals surface area contributed by atoms with Crippen molar-refractivity contribution >= 4 is 5.95 Å². The van der Waals surface area contributed by atoms with E-state index in [2.05, 4.69) is 27.1 Å². The van der Waals surface area contributed by atoms with Gasteiger partial charge in [-0.2, -0.15) is 9.97 Å².